The number of nitrogens with zero attached hydrogens (tertiary/aromatic N) is 3. The number of nitrogens with one attached hydrogen (secondary N) is 2. The Hall–Kier alpha value is -3.97. The van der Waals surface area contributed by atoms with Gasteiger partial charge in [-0.15, -0.1) is 0 Å². The zero-order valence-electron chi connectivity index (χ0n) is 19.7. The molecule has 4 aromatic rings. The van der Waals surface area contributed by atoms with Crippen LogP contribution in [0.4, 0.5) is 15.8 Å². The maximum absolute atomic E-state index is 12.9. The number of benzene rings is 3. The Bertz CT molecular complexity index is 1290. The number of hydrazone groups is 1. The predicted octanol–water partition coefficient (Wildman–Crippen LogP) is 6.19. The Morgan fingerprint density at radius 2 is 1.53 bits per heavy atom. The molecule has 4 rings (SSSR count). The quantitative estimate of drug-likeness (QED) is 0.250. The van der Waals surface area contributed by atoms with E-state index in [2.05, 4.69) is 15.8 Å². The van der Waals surface area contributed by atoms with Gasteiger partial charge in [-0.25, -0.2) is 4.98 Å². The highest BCUT2D eigenvalue weighted by Crippen LogP contribution is 2.36. The Balaban J connectivity index is 1.56. The van der Waals surface area contributed by atoms with Crippen LogP contribution >= 0.6 is 11.3 Å². The third kappa shape index (κ3) is 5.68. The van der Waals surface area contributed by atoms with Crippen molar-refractivity contribution in [3.63, 3.8) is 0 Å². The lowest BCUT2D eigenvalue weighted by molar-refractivity contribution is 0.102. The van der Waals surface area contributed by atoms with Gasteiger partial charge in [-0.1, -0.05) is 71.0 Å². The van der Waals surface area contributed by atoms with Crippen LogP contribution in [0, 0.1) is 13.8 Å². The summed E-state index contributed by atoms with van der Waals surface area (Å²) in [6.07, 6.45) is 1.75. The number of hydrogen-bond donors (Lipinski definition) is 2. The zero-order chi connectivity index (χ0) is 24.1. The number of rotatable bonds is 7. The molecule has 1 amide bonds. The highest BCUT2D eigenvalue weighted by atomic mass is 32.1. The number of anilines is 3. The molecule has 1 aromatic heterocycles. The average Bonchev–Trinajstić information content (AvgIpc) is 3.22. The lowest BCUT2D eigenvalue weighted by Gasteiger charge is -2.11. The molecule has 0 radical (unpaired) electrons. The molecule has 172 valence electrons. The van der Waals surface area contributed by atoms with Gasteiger partial charge < -0.3 is 10.2 Å². The third-order valence-electron chi connectivity index (χ3n) is 5.28. The Morgan fingerprint density at radius 3 is 2.15 bits per heavy atom. The number of carbonyl (C=O) groups excluding carboxylic acids is 1. The summed E-state index contributed by atoms with van der Waals surface area (Å²) in [4.78, 5) is 19.6. The summed E-state index contributed by atoms with van der Waals surface area (Å²) in [6.45, 7) is 4.03. The second kappa shape index (κ2) is 10.3. The van der Waals surface area contributed by atoms with E-state index in [0.717, 1.165) is 27.9 Å². The van der Waals surface area contributed by atoms with Gasteiger partial charge in [0.25, 0.3) is 5.91 Å². The molecule has 3 aromatic carbocycles. The number of hydrogen-bond acceptors (Lipinski definition) is 6. The van der Waals surface area contributed by atoms with Gasteiger partial charge in [-0.2, -0.15) is 5.10 Å². The van der Waals surface area contributed by atoms with Crippen LogP contribution in [0.25, 0.3) is 11.3 Å². The first-order valence-corrected chi connectivity index (χ1v) is 11.7. The summed E-state index contributed by atoms with van der Waals surface area (Å²) in [5.41, 5.74) is 9.61. The highest BCUT2D eigenvalue weighted by molar-refractivity contribution is 7.20. The van der Waals surface area contributed by atoms with Gasteiger partial charge in [0.1, 0.15) is 10.7 Å². The van der Waals surface area contributed by atoms with E-state index in [-0.39, 0.29) is 5.91 Å². The number of amides is 1. The summed E-state index contributed by atoms with van der Waals surface area (Å²) in [5, 5.41) is 8.63. The number of thiazole rings is 1. The molecule has 0 aliphatic rings. The van der Waals surface area contributed by atoms with Crippen molar-refractivity contribution < 1.29 is 4.79 Å². The van der Waals surface area contributed by atoms with Gasteiger partial charge >= 0.3 is 0 Å². The number of aryl methyl sites for hydroxylation is 2. The van der Waals surface area contributed by atoms with E-state index in [1.54, 1.807) is 6.21 Å². The minimum Gasteiger partial charge on any atom is -0.378 e. The van der Waals surface area contributed by atoms with Gasteiger partial charge in [0, 0.05) is 30.9 Å². The topological polar surface area (TPSA) is 69.6 Å². The molecule has 1 heterocycles. The molecule has 6 nitrogen and oxygen atoms in total. The van der Waals surface area contributed by atoms with E-state index in [4.69, 9.17) is 4.98 Å². The van der Waals surface area contributed by atoms with Gasteiger partial charge in [-0.05, 0) is 43.7 Å². The van der Waals surface area contributed by atoms with Crippen LogP contribution in [0.2, 0.25) is 0 Å². The SMILES string of the molecule is Cc1ccc(C(=O)Nc2sc(N/N=C/c3ccc(N(C)C)cc3)nc2-c2ccc(C)cc2)cc1. The second-order valence-electron chi connectivity index (χ2n) is 8.24. The van der Waals surface area contributed by atoms with Gasteiger partial charge in [-0.3, -0.25) is 10.2 Å². The maximum atomic E-state index is 12.9. The smallest absolute Gasteiger partial charge is 0.256 e. The van der Waals surface area contributed by atoms with Crippen LogP contribution in [-0.4, -0.2) is 31.2 Å². The van der Waals surface area contributed by atoms with E-state index >= 15 is 0 Å². The van der Waals surface area contributed by atoms with Crippen LogP contribution in [0.1, 0.15) is 27.0 Å². The highest BCUT2D eigenvalue weighted by Gasteiger charge is 2.16. The lowest BCUT2D eigenvalue weighted by atomic mass is 10.1. The Kier molecular flexibility index (Phi) is 7.04. The molecule has 0 fully saturated rings. The fourth-order valence-electron chi connectivity index (χ4n) is 3.26. The van der Waals surface area contributed by atoms with Crippen LogP contribution < -0.4 is 15.6 Å². The summed E-state index contributed by atoms with van der Waals surface area (Å²) in [7, 11) is 4.02. The minimum atomic E-state index is -0.173. The molecule has 0 spiro atoms. The van der Waals surface area contributed by atoms with Crippen molar-refractivity contribution in [2.75, 3.05) is 29.7 Å². The van der Waals surface area contributed by atoms with Gasteiger partial charge in [0.2, 0.25) is 5.13 Å². The molecule has 0 saturated carbocycles. The molecular weight excluding hydrogens is 442 g/mol. The standard InChI is InChI=1S/C27H27N5OS/c1-18-5-11-21(12-6-18)24-26(30-25(33)22-13-7-19(2)8-14-22)34-27(29-24)31-28-17-20-9-15-23(16-10-20)32(3)4/h5-17H,1-4H3,(H,29,31)(H,30,33)/b28-17+. The van der Waals surface area contributed by atoms with Crippen molar-refractivity contribution in [3.8, 4) is 11.3 Å². The van der Waals surface area contributed by atoms with E-state index in [1.165, 1.54) is 11.3 Å². The summed E-state index contributed by atoms with van der Waals surface area (Å²) < 4.78 is 0. The molecule has 34 heavy (non-hydrogen) atoms. The fourth-order valence-corrected chi connectivity index (χ4v) is 4.09. The lowest BCUT2D eigenvalue weighted by Crippen LogP contribution is -2.11. The van der Waals surface area contributed by atoms with Crippen molar-refractivity contribution in [1.29, 1.82) is 0 Å². The van der Waals surface area contributed by atoms with Gasteiger partial charge in [0.05, 0.1) is 6.21 Å². The first-order chi connectivity index (χ1) is 16.4. The predicted molar refractivity (Wildman–Crippen MR) is 143 cm³/mol. The zero-order valence-corrected chi connectivity index (χ0v) is 20.5. The normalized spacial score (nSPS) is 10.9. The fraction of sp³-hybridized carbons (Fsp3) is 0.148. The van der Waals surface area contributed by atoms with Crippen LogP contribution in [0.5, 0.6) is 0 Å². The van der Waals surface area contributed by atoms with Crippen LogP contribution in [-0.2, 0) is 0 Å². The molecular formula is C27H27N5OS. The maximum Gasteiger partial charge on any atom is 0.256 e. The molecule has 0 aliphatic carbocycles. The first kappa shape index (κ1) is 23.2. The summed E-state index contributed by atoms with van der Waals surface area (Å²) >= 11 is 1.35. The molecule has 0 saturated heterocycles. The molecule has 0 bridgehead atoms. The van der Waals surface area contributed by atoms with Crippen molar-refractivity contribution in [2.45, 2.75) is 13.8 Å². The van der Waals surface area contributed by atoms with Gasteiger partial charge in [0.15, 0.2) is 0 Å². The number of carbonyl (C=O) groups is 1. The van der Waals surface area contributed by atoms with E-state index < -0.39 is 0 Å². The van der Waals surface area contributed by atoms with Crippen molar-refractivity contribution >= 4 is 39.3 Å². The minimum absolute atomic E-state index is 0.173. The molecule has 0 unspecified atom stereocenters. The van der Waals surface area contributed by atoms with E-state index in [9.17, 15) is 4.79 Å². The van der Waals surface area contributed by atoms with Crippen molar-refractivity contribution in [3.05, 3.63) is 95.1 Å². The van der Waals surface area contributed by atoms with Crippen molar-refractivity contribution in [2.24, 2.45) is 5.10 Å². The largest absolute Gasteiger partial charge is 0.378 e. The molecule has 0 aliphatic heterocycles. The Labute approximate surface area is 204 Å². The molecule has 0 atom stereocenters. The monoisotopic (exact) mass is 469 g/mol. The van der Waals surface area contributed by atoms with Crippen molar-refractivity contribution in [1.82, 2.24) is 4.98 Å². The van der Waals surface area contributed by atoms with Crippen LogP contribution in [0.3, 0.4) is 0 Å². The third-order valence-corrected chi connectivity index (χ3v) is 6.15. The van der Waals surface area contributed by atoms with Crippen LogP contribution in [0.15, 0.2) is 77.9 Å². The second-order valence-corrected chi connectivity index (χ2v) is 9.24. The number of aromatic nitrogens is 1. The first-order valence-electron chi connectivity index (χ1n) is 10.9. The molecule has 7 heteroatoms. The Morgan fingerprint density at radius 1 is 0.912 bits per heavy atom. The van der Waals surface area contributed by atoms with E-state index in [0.29, 0.717) is 21.4 Å². The summed E-state index contributed by atoms with van der Waals surface area (Å²) in [5.74, 6) is -0.173. The molecule has 2 N–H and O–H groups in total. The average molecular weight is 470 g/mol. The van der Waals surface area contributed by atoms with E-state index in [1.807, 2.05) is 106 Å². The summed E-state index contributed by atoms with van der Waals surface area (Å²) in [6, 6.07) is 23.7.